The second-order valence-corrected chi connectivity index (χ2v) is 5.17. The number of carbonyl (C=O) groups is 1. The zero-order valence-corrected chi connectivity index (χ0v) is 11.7. The van der Waals surface area contributed by atoms with Crippen molar-refractivity contribution in [1.82, 2.24) is 0 Å². The summed E-state index contributed by atoms with van der Waals surface area (Å²) in [6.07, 6.45) is 1.97. The number of rotatable bonds is 3. The van der Waals surface area contributed by atoms with Gasteiger partial charge in [0, 0.05) is 23.5 Å². The van der Waals surface area contributed by atoms with E-state index in [2.05, 4.69) is 10.6 Å². The normalized spacial score (nSPS) is 13.2. The van der Waals surface area contributed by atoms with Gasteiger partial charge < -0.3 is 15.7 Å². The van der Waals surface area contributed by atoms with E-state index in [4.69, 9.17) is 5.11 Å². The highest BCUT2D eigenvalue weighted by Gasteiger charge is 2.17. The third-order valence-corrected chi connectivity index (χ3v) is 3.73. The monoisotopic (exact) mass is 282 g/mol. The van der Waals surface area contributed by atoms with Crippen molar-refractivity contribution >= 4 is 17.3 Å². The minimum Gasteiger partial charge on any atom is -0.392 e. The fraction of sp³-hybridized carbons (Fsp3) is 0.235. The molecule has 1 aliphatic heterocycles. The van der Waals surface area contributed by atoms with Crippen molar-refractivity contribution < 1.29 is 9.90 Å². The summed E-state index contributed by atoms with van der Waals surface area (Å²) in [6.45, 7) is 0.965. The van der Waals surface area contributed by atoms with E-state index in [9.17, 15) is 4.79 Å². The number of hydrogen-bond acceptors (Lipinski definition) is 3. The van der Waals surface area contributed by atoms with Crippen molar-refractivity contribution in [2.24, 2.45) is 0 Å². The maximum Gasteiger partial charge on any atom is 0.256 e. The number of fused-ring (bicyclic) bond motifs is 1. The average molecular weight is 282 g/mol. The second kappa shape index (κ2) is 5.97. The van der Waals surface area contributed by atoms with Crippen LogP contribution in [0.4, 0.5) is 11.4 Å². The van der Waals surface area contributed by atoms with Crippen molar-refractivity contribution in [3.8, 4) is 0 Å². The van der Waals surface area contributed by atoms with Crippen molar-refractivity contribution in [3.05, 3.63) is 59.2 Å². The minimum absolute atomic E-state index is 0.00604. The molecule has 2 aromatic carbocycles. The van der Waals surface area contributed by atoms with Gasteiger partial charge in [0.15, 0.2) is 0 Å². The number of benzene rings is 2. The Morgan fingerprint density at radius 3 is 2.76 bits per heavy atom. The van der Waals surface area contributed by atoms with Crippen molar-refractivity contribution in [2.45, 2.75) is 19.4 Å². The van der Waals surface area contributed by atoms with Crippen molar-refractivity contribution in [1.29, 1.82) is 0 Å². The number of hydrogen-bond donors (Lipinski definition) is 3. The predicted molar refractivity (Wildman–Crippen MR) is 83.6 cm³/mol. The van der Waals surface area contributed by atoms with Crippen LogP contribution >= 0.6 is 0 Å². The average Bonchev–Trinajstić information content (AvgIpc) is 2.55. The fourth-order valence-electron chi connectivity index (χ4n) is 2.61. The molecule has 0 unspecified atom stereocenters. The van der Waals surface area contributed by atoms with Crippen LogP contribution < -0.4 is 10.6 Å². The predicted octanol–water partition coefficient (Wildman–Crippen LogP) is 2.79. The number of anilines is 2. The molecule has 0 fully saturated rings. The molecule has 3 N–H and O–H groups in total. The summed E-state index contributed by atoms with van der Waals surface area (Å²) in [7, 11) is 0. The maximum atomic E-state index is 12.5. The Morgan fingerprint density at radius 2 is 2.00 bits per heavy atom. The zero-order valence-electron chi connectivity index (χ0n) is 11.7. The maximum absolute atomic E-state index is 12.5. The number of carbonyl (C=O) groups excluding carboxylic acids is 1. The third kappa shape index (κ3) is 2.90. The Hall–Kier alpha value is -2.33. The van der Waals surface area contributed by atoms with E-state index in [1.54, 1.807) is 24.3 Å². The number of amides is 1. The molecule has 2 aromatic rings. The molecule has 4 heteroatoms. The van der Waals surface area contributed by atoms with E-state index in [0.29, 0.717) is 0 Å². The number of nitrogens with one attached hydrogen (secondary N) is 2. The van der Waals surface area contributed by atoms with Gasteiger partial charge >= 0.3 is 0 Å². The van der Waals surface area contributed by atoms with Gasteiger partial charge in [0.05, 0.1) is 6.61 Å². The van der Waals surface area contributed by atoms with E-state index < -0.39 is 0 Å². The lowest BCUT2D eigenvalue weighted by atomic mass is 9.97. The lowest BCUT2D eigenvalue weighted by molar-refractivity contribution is 0.102. The van der Waals surface area contributed by atoms with Crippen LogP contribution in [0.1, 0.15) is 27.9 Å². The van der Waals surface area contributed by atoms with Gasteiger partial charge in [-0.05, 0) is 48.2 Å². The molecule has 0 spiro atoms. The molecule has 1 aliphatic rings. The smallest absolute Gasteiger partial charge is 0.256 e. The molecule has 0 saturated heterocycles. The lowest BCUT2D eigenvalue weighted by Crippen LogP contribution is -2.19. The summed E-state index contributed by atoms with van der Waals surface area (Å²) < 4.78 is 0. The number of aliphatic hydroxyl groups is 1. The Bertz CT molecular complexity index is 650. The van der Waals surface area contributed by atoms with Crippen LogP contribution in [0.2, 0.25) is 0 Å². The van der Waals surface area contributed by atoms with E-state index in [1.807, 2.05) is 18.2 Å². The van der Waals surface area contributed by atoms with E-state index in [0.717, 1.165) is 47.5 Å². The summed E-state index contributed by atoms with van der Waals surface area (Å²) in [5.41, 5.74) is 4.44. The van der Waals surface area contributed by atoms with Gasteiger partial charge in [-0.1, -0.05) is 18.2 Å². The largest absolute Gasteiger partial charge is 0.392 e. The van der Waals surface area contributed by atoms with E-state index in [1.165, 1.54) is 0 Å². The summed E-state index contributed by atoms with van der Waals surface area (Å²) >= 11 is 0. The van der Waals surface area contributed by atoms with Crippen LogP contribution in [0.25, 0.3) is 0 Å². The second-order valence-electron chi connectivity index (χ2n) is 5.17. The highest BCUT2D eigenvalue weighted by Crippen LogP contribution is 2.26. The summed E-state index contributed by atoms with van der Waals surface area (Å²) in [5, 5.41) is 15.3. The molecule has 1 heterocycles. The Balaban J connectivity index is 1.82. The molecule has 0 saturated carbocycles. The van der Waals surface area contributed by atoms with Crippen LogP contribution in [0.3, 0.4) is 0 Å². The highest BCUT2D eigenvalue weighted by atomic mass is 16.3. The molecule has 108 valence electrons. The summed E-state index contributed by atoms with van der Waals surface area (Å²) in [5.74, 6) is -0.0905. The van der Waals surface area contributed by atoms with E-state index >= 15 is 0 Å². The van der Waals surface area contributed by atoms with Crippen LogP contribution in [-0.2, 0) is 13.0 Å². The molecular formula is C17H18N2O2. The minimum atomic E-state index is -0.0905. The van der Waals surface area contributed by atoms with Gasteiger partial charge in [-0.2, -0.15) is 0 Å². The first-order chi connectivity index (χ1) is 10.3. The molecule has 4 nitrogen and oxygen atoms in total. The van der Waals surface area contributed by atoms with Crippen LogP contribution in [0, 0.1) is 0 Å². The highest BCUT2D eigenvalue weighted by molar-refractivity contribution is 6.06. The standard InChI is InChI=1S/C17H18N2O2/c20-11-12-6-8-13(9-7-12)19-17(21)15-3-1-5-16-14(15)4-2-10-18-16/h1,3,5-9,18,20H,2,4,10-11H2,(H,19,21). The third-order valence-electron chi connectivity index (χ3n) is 3.73. The van der Waals surface area contributed by atoms with Crippen LogP contribution in [0.5, 0.6) is 0 Å². The molecular weight excluding hydrogens is 264 g/mol. The first-order valence-electron chi connectivity index (χ1n) is 7.15. The molecule has 0 atom stereocenters. The molecule has 21 heavy (non-hydrogen) atoms. The fourth-order valence-corrected chi connectivity index (χ4v) is 2.61. The lowest BCUT2D eigenvalue weighted by Gasteiger charge is -2.20. The molecule has 1 amide bonds. The Labute approximate surface area is 123 Å². The first-order valence-corrected chi connectivity index (χ1v) is 7.15. The molecule has 0 radical (unpaired) electrons. The topological polar surface area (TPSA) is 61.4 Å². The van der Waals surface area contributed by atoms with Crippen LogP contribution in [0.15, 0.2) is 42.5 Å². The Kier molecular flexibility index (Phi) is 3.88. The molecule has 0 bridgehead atoms. The van der Waals surface area contributed by atoms with Gasteiger partial charge in [0.1, 0.15) is 0 Å². The molecule has 3 rings (SSSR count). The number of aliphatic hydroxyl groups excluding tert-OH is 1. The van der Waals surface area contributed by atoms with Gasteiger partial charge in [0.25, 0.3) is 5.91 Å². The molecule has 0 aromatic heterocycles. The summed E-state index contributed by atoms with van der Waals surface area (Å²) in [4.78, 5) is 12.5. The Morgan fingerprint density at radius 1 is 1.19 bits per heavy atom. The zero-order chi connectivity index (χ0) is 14.7. The van der Waals surface area contributed by atoms with Gasteiger partial charge in [0.2, 0.25) is 0 Å². The van der Waals surface area contributed by atoms with Crippen molar-refractivity contribution in [2.75, 3.05) is 17.2 Å². The van der Waals surface area contributed by atoms with Gasteiger partial charge in [-0.3, -0.25) is 4.79 Å². The van der Waals surface area contributed by atoms with Crippen LogP contribution in [-0.4, -0.2) is 17.6 Å². The molecule has 0 aliphatic carbocycles. The summed E-state index contributed by atoms with van der Waals surface area (Å²) in [6, 6.07) is 13.0. The quantitative estimate of drug-likeness (QED) is 0.811. The van der Waals surface area contributed by atoms with Crippen molar-refractivity contribution in [3.63, 3.8) is 0 Å². The van der Waals surface area contributed by atoms with Gasteiger partial charge in [-0.25, -0.2) is 0 Å². The SMILES string of the molecule is O=C(Nc1ccc(CO)cc1)c1cccc2c1CCCN2. The van der Waals surface area contributed by atoms with Gasteiger partial charge in [-0.15, -0.1) is 0 Å². The van der Waals surface area contributed by atoms with E-state index in [-0.39, 0.29) is 12.5 Å². The first kappa shape index (κ1) is 13.6.